The fourth-order valence-electron chi connectivity index (χ4n) is 4.00. The molecule has 5 rings (SSSR count). The maximum absolute atomic E-state index is 9.99. The Kier molecular flexibility index (Phi) is 6.44. The summed E-state index contributed by atoms with van der Waals surface area (Å²) in [6.07, 6.45) is 8.22. The first-order valence-electron chi connectivity index (χ1n) is 11.1. The molecule has 166 valence electrons. The Morgan fingerprint density at radius 2 is 1.67 bits per heavy atom. The third kappa shape index (κ3) is 5.12. The summed E-state index contributed by atoms with van der Waals surface area (Å²) in [5, 5.41) is 9.99. The number of hydrogen-bond acceptors (Lipinski definition) is 6. The van der Waals surface area contributed by atoms with Crippen molar-refractivity contribution in [2.45, 2.75) is 37.2 Å². The van der Waals surface area contributed by atoms with Crippen LogP contribution in [-0.2, 0) is 19.4 Å². The normalized spacial score (nSPS) is 12.7. The van der Waals surface area contributed by atoms with Gasteiger partial charge in [-0.15, -0.1) is 0 Å². The average Bonchev–Trinajstić information content (AvgIpc) is 2.87. The molecule has 1 aliphatic rings. The number of anilines is 1. The highest BCUT2D eigenvalue weighted by Gasteiger charge is 2.11. The lowest BCUT2D eigenvalue weighted by Crippen LogP contribution is -2.03. The van der Waals surface area contributed by atoms with Crippen molar-refractivity contribution in [3.8, 4) is 22.8 Å². The molecule has 0 aliphatic heterocycles. The van der Waals surface area contributed by atoms with Crippen molar-refractivity contribution in [3.63, 3.8) is 0 Å². The van der Waals surface area contributed by atoms with Gasteiger partial charge >= 0.3 is 0 Å². The van der Waals surface area contributed by atoms with Gasteiger partial charge in [0.15, 0.2) is 5.82 Å². The van der Waals surface area contributed by atoms with Crippen LogP contribution in [0.5, 0.6) is 11.5 Å². The standard InChI is InChI=1S/C27H25N3O2S/c31-24-7-3-4-8-25(24)33-30-27-26(28-15-16-29-27)21-11-9-19(10-12-21)18-32-23-14-13-20-5-1-2-6-22(20)17-23/h3-4,7-17,31H,1-2,5-6,18H2,(H,29,30). The van der Waals surface area contributed by atoms with Crippen LogP contribution in [0.15, 0.2) is 84.0 Å². The zero-order valence-corrected chi connectivity index (χ0v) is 19.0. The van der Waals surface area contributed by atoms with Gasteiger partial charge < -0.3 is 14.6 Å². The SMILES string of the molecule is Oc1ccccc1SNc1nccnc1-c1ccc(COc2ccc3c(c2)CCCC3)cc1. The van der Waals surface area contributed by atoms with E-state index >= 15 is 0 Å². The van der Waals surface area contributed by atoms with E-state index in [9.17, 15) is 5.11 Å². The number of fused-ring (bicyclic) bond motifs is 1. The third-order valence-corrected chi connectivity index (χ3v) is 6.63. The largest absolute Gasteiger partial charge is 0.507 e. The molecule has 1 aliphatic carbocycles. The molecule has 2 N–H and O–H groups in total. The molecule has 1 heterocycles. The smallest absolute Gasteiger partial charge is 0.162 e. The van der Waals surface area contributed by atoms with Gasteiger partial charge in [0.05, 0.1) is 4.90 Å². The maximum Gasteiger partial charge on any atom is 0.162 e. The molecule has 0 saturated heterocycles. The quantitative estimate of drug-likeness (QED) is 0.313. The number of aromatic nitrogens is 2. The van der Waals surface area contributed by atoms with Crippen molar-refractivity contribution in [1.29, 1.82) is 0 Å². The van der Waals surface area contributed by atoms with Crippen LogP contribution in [0.1, 0.15) is 29.5 Å². The fraction of sp³-hybridized carbons (Fsp3) is 0.185. The lowest BCUT2D eigenvalue weighted by molar-refractivity contribution is 0.305. The predicted molar refractivity (Wildman–Crippen MR) is 132 cm³/mol. The van der Waals surface area contributed by atoms with Crippen LogP contribution in [0.4, 0.5) is 5.82 Å². The number of ether oxygens (including phenoxy) is 1. The first-order chi connectivity index (χ1) is 16.3. The van der Waals surface area contributed by atoms with Crippen molar-refractivity contribution < 1.29 is 9.84 Å². The van der Waals surface area contributed by atoms with Gasteiger partial charge in [-0.2, -0.15) is 0 Å². The molecule has 0 spiro atoms. The van der Waals surface area contributed by atoms with Gasteiger partial charge in [0, 0.05) is 18.0 Å². The van der Waals surface area contributed by atoms with E-state index in [2.05, 4.69) is 45.0 Å². The molecule has 0 saturated carbocycles. The molecule has 3 aromatic carbocycles. The van der Waals surface area contributed by atoms with Crippen molar-refractivity contribution in [1.82, 2.24) is 9.97 Å². The van der Waals surface area contributed by atoms with E-state index in [-0.39, 0.29) is 5.75 Å². The Hall–Kier alpha value is -3.51. The summed E-state index contributed by atoms with van der Waals surface area (Å²) in [4.78, 5) is 9.67. The minimum atomic E-state index is 0.226. The minimum Gasteiger partial charge on any atom is -0.507 e. The van der Waals surface area contributed by atoms with Gasteiger partial charge in [-0.1, -0.05) is 42.5 Å². The van der Waals surface area contributed by atoms with Gasteiger partial charge in [0.1, 0.15) is 23.8 Å². The number of benzene rings is 3. The zero-order valence-electron chi connectivity index (χ0n) is 18.2. The number of aromatic hydroxyl groups is 1. The molecule has 4 aromatic rings. The molecular formula is C27H25N3O2S. The predicted octanol–water partition coefficient (Wildman–Crippen LogP) is 6.43. The number of hydrogen-bond donors (Lipinski definition) is 2. The topological polar surface area (TPSA) is 67.3 Å². The Morgan fingerprint density at radius 1 is 0.879 bits per heavy atom. The summed E-state index contributed by atoms with van der Waals surface area (Å²) in [5.41, 5.74) is 5.70. The molecule has 5 nitrogen and oxygen atoms in total. The summed E-state index contributed by atoms with van der Waals surface area (Å²) in [5.74, 6) is 1.80. The summed E-state index contributed by atoms with van der Waals surface area (Å²) < 4.78 is 9.27. The number of para-hydroxylation sites is 1. The molecule has 0 amide bonds. The van der Waals surface area contributed by atoms with Crippen LogP contribution < -0.4 is 9.46 Å². The molecule has 0 bridgehead atoms. The van der Waals surface area contributed by atoms with E-state index < -0.39 is 0 Å². The second-order valence-electron chi connectivity index (χ2n) is 8.05. The van der Waals surface area contributed by atoms with Gasteiger partial charge in [0.2, 0.25) is 0 Å². The molecule has 0 radical (unpaired) electrons. The molecule has 6 heteroatoms. The third-order valence-electron chi connectivity index (χ3n) is 5.77. The van der Waals surface area contributed by atoms with Gasteiger partial charge in [-0.05, 0) is 78.6 Å². The Balaban J connectivity index is 1.25. The molecular weight excluding hydrogens is 430 g/mol. The number of rotatable bonds is 7. The second kappa shape index (κ2) is 9.96. The number of aryl methyl sites for hydroxylation is 2. The van der Waals surface area contributed by atoms with E-state index in [0.717, 1.165) is 33.9 Å². The Bertz CT molecular complexity index is 1240. The van der Waals surface area contributed by atoms with Crippen molar-refractivity contribution in [3.05, 3.63) is 95.8 Å². The second-order valence-corrected chi connectivity index (χ2v) is 8.90. The van der Waals surface area contributed by atoms with Crippen LogP contribution in [0, 0.1) is 0 Å². The molecule has 0 atom stereocenters. The Morgan fingerprint density at radius 3 is 2.52 bits per heavy atom. The first kappa shape index (κ1) is 21.3. The number of nitrogens with one attached hydrogen (secondary N) is 1. The van der Waals surface area contributed by atoms with Crippen molar-refractivity contribution >= 4 is 17.8 Å². The monoisotopic (exact) mass is 455 g/mol. The lowest BCUT2D eigenvalue weighted by Gasteiger charge is -2.17. The summed E-state index contributed by atoms with van der Waals surface area (Å²) in [7, 11) is 0. The van der Waals surface area contributed by atoms with Crippen LogP contribution in [0.3, 0.4) is 0 Å². The van der Waals surface area contributed by atoms with Gasteiger partial charge in [-0.3, -0.25) is 4.98 Å². The van der Waals surface area contributed by atoms with E-state index in [0.29, 0.717) is 12.4 Å². The highest BCUT2D eigenvalue weighted by molar-refractivity contribution is 8.00. The average molecular weight is 456 g/mol. The van der Waals surface area contributed by atoms with E-state index in [1.54, 1.807) is 24.5 Å². The van der Waals surface area contributed by atoms with Gasteiger partial charge in [0.25, 0.3) is 0 Å². The summed E-state index contributed by atoms with van der Waals surface area (Å²) >= 11 is 1.31. The molecule has 0 fully saturated rings. The number of nitrogens with zero attached hydrogens (tertiary/aromatic N) is 2. The van der Waals surface area contributed by atoms with E-state index in [1.807, 2.05) is 24.3 Å². The first-order valence-corrected chi connectivity index (χ1v) is 11.9. The van der Waals surface area contributed by atoms with Crippen molar-refractivity contribution in [2.24, 2.45) is 0 Å². The van der Waals surface area contributed by atoms with Crippen LogP contribution in [0.2, 0.25) is 0 Å². The van der Waals surface area contributed by atoms with E-state index in [4.69, 9.17) is 4.74 Å². The van der Waals surface area contributed by atoms with Crippen molar-refractivity contribution in [2.75, 3.05) is 4.72 Å². The molecule has 0 unspecified atom stereocenters. The molecule has 1 aromatic heterocycles. The summed E-state index contributed by atoms with van der Waals surface area (Å²) in [6, 6.07) is 21.9. The number of phenolic OH excluding ortho intramolecular Hbond substituents is 1. The fourth-order valence-corrected chi connectivity index (χ4v) is 4.67. The lowest BCUT2D eigenvalue weighted by atomic mass is 9.92. The van der Waals surface area contributed by atoms with Crippen LogP contribution in [-0.4, -0.2) is 15.1 Å². The summed E-state index contributed by atoms with van der Waals surface area (Å²) in [6.45, 7) is 0.522. The molecule has 33 heavy (non-hydrogen) atoms. The number of phenols is 1. The van der Waals surface area contributed by atoms with Crippen LogP contribution >= 0.6 is 11.9 Å². The Labute approximate surface area is 198 Å². The van der Waals surface area contributed by atoms with Crippen LogP contribution in [0.25, 0.3) is 11.3 Å². The van der Waals surface area contributed by atoms with Gasteiger partial charge in [-0.25, -0.2) is 4.98 Å². The zero-order chi connectivity index (χ0) is 22.5. The minimum absolute atomic E-state index is 0.226. The maximum atomic E-state index is 9.99. The van der Waals surface area contributed by atoms with E-state index in [1.165, 1.54) is 42.3 Å². The highest BCUT2D eigenvalue weighted by atomic mass is 32.2. The highest BCUT2D eigenvalue weighted by Crippen LogP contribution is 2.32.